The minimum absolute atomic E-state index is 0.00704. The molecule has 0 saturated carbocycles. The van der Waals surface area contributed by atoms with Gasteiger partial charge in [0, 0.05) is 17.4 Å². The number of amides is 1. The van der Waals surface area contributed by atoms with Gasteiger partial charge in [-0.25, -0.2) is 0 Å². The molecule has 0 unspecified atom stereocenters. The molecular weight excluding hydrogens is 254 g/mol. The molecule has 5 nitrogen and oxygen atoms in total. The number of benzene rings is 1. The van der Waals surface area contributed by atoms with Gasteiger partial charge < -0.3 is 15.7 Å². The van der Waals surface area contributed by atoms with Crippen LogP contribution in [-0.2, 0) is 4.79 Å². The van der Waals surface area contributed by atoms with Crippen molar-refractivity contribution in [3.05, 3.63) is 35.5 Å². The highest BCUT2D eigenvalue weighted by molar-refractivity contribution is 5.97. The zero-order valence-corrected chi connectivity index (χ0v) is 12.1. The molecule has 0 saturated heterocycles. The number of aromatic hydroxyl groups is 1. The second-order valence-electron chi connectivity index (χ2n) is 5.52. The molecule has 0 heterocycles. The first-order valence-corrected chi connectivity index (χ1v) is 6.22. The molecule has 1 aromatic rings. The summed E-state index contributed by atoms with van der Waals surface area (Å²) in [6, 6.07) is 6.67. The molecule has 20 heavy (non-hydrogen) atoms. The Morgan fingerprint density at radius 2 is 2.05 bits per heavy atom. The molecule has 0 aliphatic rings. The van der Waals surface area contributed by atoms with Gasteiger partial charge in [-0.3, -0.25) is 4.79 Å². The molecule has 1 amide bonds. The van der Waals surface area contributed by atoms with Gasteiger partial charge in [-0.1, -0.05) is 0 Å². The third-order valence-electron chi connectivity index (χ3n) is 2.44. The molecule has 0 aliphatic carbocycles. The average Bonchev–Trinajstić information content (AvgIpc) is 2.30. The van der Waals surface area contributed by atoms with E-state index in [4.69, 9.17) is 5.26 Å². The Morgan fingerprint density at radius 3 is 2.55 bits per heavy atom. The number of phenols is 1. The normalized spacial score (nSPS) is 11.7. The van der Waals surface area contributed by atoms with Gasteiger partial charge in [-0.05, 0) is 51.5 Å². The van der Waals surface area contributed by atoms with Crippen LogP contribution in [0.25, 0.3) is 0 Å². The highest BCUT2D eigenvalue weighted by Crippen LogP contribution is 2.20. The van der Waals surface area contributed by atoms with Crippen LogP contribution in [0, 0.1) is 18.3 Å². The number of aryl methyl sites for hydroxylation is 1. The Balaban J connectivity index is 2.86. The minimum atomic E-state index is -0.427. The number of carbonyl (C=O) groups excluding carboxylic acids is 1. The summed E-state index contributed by atoms with van der Waals surface area (Å²) < 4.78 is 0. The minimum Gasteiger partial charge on any atom is -0.508 e. The van der Waals surface area contributed by atoms with Crippen LogP contribution in [0.2, 0.25) is 0 Å². The summed E-state index contributed by atoms with van der Waals surface area (Å²) in [6.07, 6.45) is 1.36. The van der Waals surface area contributed by atoms with E-state index in [-0.39, 0.29) is 11.3 Å². The molecular formula is C15H19N3O2. The molecule has 0 fully saturated rings. The fourth-order valence-electron chi connectivity index (χ4n) is 1.52. The van der Waals surface area contributed by atoms with E-state index in [0.29, 0.717) is 0 Å². The van der Waals surface area contributed by atoms with Crippen LogP contribution in [-0.4, -0.2) is 16.6 Å². The summed E-state index contributed by atoms with van der Waals surface area (Å²) in [7, 11) is 0. The predicted molar refractivity (Wildman–Crippen MR) is 78.1 cm³/mol. The highest BCUT2D eigenvalue weighted by Gasteiger charge is 2.17. The van der Waals surface area contributed by atoms with Gasteiger partial charge in [-0.15, -0.1) is 0 Å². The molecule has 1 aromatic carbocycles. The topological polar surface area (TPSA) is 85.2 Å². The highest BCUT2D eigenvalue weighted by atomic mass is 16.3. The summed E-state index contributed by atoms with van der Waals surface area (Å²) in [5, 5.41) is 24.0. The van der Waals surface area contributed by atoms with Gasteiger partial charge in [-0.2, -0.15) is 5.26 Å². The average molecular weight is 273 g/mol. The molecule has 3 N–H and O–H groups in total. The molecule has 0 spiro atoms. The molecule has 5 heteroatoms. The summed E-state index contributed by atoms with van der Waals surface area (Å²) in [5.74, 6) is -0.257. The first-order valence-electron chi connectivity index (χ1n) is 6.22. The van der Waals surface area contributed by atoms with Crippen LogP contribution in [0.1, 0.15) is 26.3 Å². The third-order valence-corrected chi connectivity index (χ3v) is 2.44. The standard InChI is InChI=1S/C15H19N3O2/c1-10-7-12(19)5-6-13(10)17-9-11(8-16)14(20)18-15(2,3)4/h5-7,9,17,19H,1-4H3,(H,18,20)/b11-9-. The van der Waals surface area contributed by atoms with Crippen LogP contribution < -0.4 is 10.6 Å². The number of phenolic OH excluding ortho intramolecular Hbond substituents is 1. The van der Waals surface area contributed by atoms with Gasteiger partial charge in [0.2, 0.25) is 0 Å². The lowest BCUT2D eigenvalue weighted by Gasteiger charge is -2.20. The number of nitrogens with zero attached hydrogens (tertiary/aromatic N) is 1. The predicted octanol–water partition coefficient (Wildman–Crippen LogP) is 2.43. The Bertz CT molecular complexity index is 578. The van der Waals surface area contributed by atoms with Crippen LogP contribution in [0.3, 0.4) is 0 Å². The summed E-state index contributed by atoms with van der Waals surface area (Å²) >= 11 is 0. The lowest BCUT2D eigenvalue weighted by molar-refractivity contribution is -0.118. The summed E-state index contributed by atoms with van der Waals surface area (Å²) in [6.45, 7) is 7.35. The van der Waals surface area contributed by atoms with Gasteiger partial charge >= 0.3 is 0 Å². The Morgan fingerprint density at radius 1 is 1.40 bits per heavy atom. The van der Waals surface area contributed by atoms with Crippen molar-refractivity contribution in [3.63, 3.8) is 0 Å². The van der Waals surface area contributed by atoms with Crippen molar-refractivity contribution in [3.8, 4) is 11.8 Å². The number of carbonyl (C=O) groups is 1. The van der Waals surface area contributed by atoms with Crippen molar-refractivity contribution < 1.29 is 9.90 Å². The fourth-order valence-corrected chi connectivity index (χ4v) is 1.52. The first kappa shape index (κ1) is 15.6. The second-order valence-corrected chi connectivity index (χ2v) is 5.52. The van der Waals surface area contributed by atoms with E-state index < -0.39 is 11.4 Å². The molecule has 0 atom stereocenters. The number of rotatable bonds is 3. The molecule has 0 bridgehead atoms. The maximum Gasteiger partial charge on any atom is 0.263 e. The Hall–Kier alpha value is -2.48. The molecule has 0 aromatic heterocycles. The largest absolute Gasteiger partial charge is 0.508 e. The van der Waals surface area contributed by atoms with Crippen LogP contribution >= 0.6 is 0 Å². The third kappa shape index (κ3) is 4.65. The van der Waals surface area contributed by atoms with Crippen molar-refractivity contribution in [2.45, 2.75) is 33.2 Å². The van der Waals surface area contributed by atoms with E-state index in [9.17, 15) is 9.90 Å². The molecule has 0 radical (unpaired) electrons. The van der Waals surface area contributed by atoms with Gasteiger partial charge in [0.15, 0.2) is 0 Å². The monoisotopic (exact) mass is 273 g/mol. The number of nitriles is 1. The smallest absolute Gasteiger partial charge is 0.263 e. The van der Waals surface area contributed by atoms with Crippen molar-refractivity contribution in [1.29, 1.82) is 5.26 Å². The van der Waals surface area contributed by atoms with Crippen LogP contribution in [0.5, 0.6) is 5.75 Å². The Kier molecular flexibility index (Phi) is 4.76. The number of hydrogen-bond donors (Lipinski definition) is 3. The van der Waals surface area contributed by atoms with Gasteiger partial charge in [0.25, 0.3) is 5.91 Å². The van der Waals surface area contributed by atoms with E-state index in [1.165, 1.54) is 12.3 Å². The van der Waals surface area contributed by atoms with E-state index in [0.717, 1.165) is 11.3 Å². The number of nitrogens with one attached hydrogen (secondary N) is 2. The van der Waals surface area contributed by atoms with Crippen molar-refractivity contribution in [2.75, 3.05) is 5.32 Å². The lowest BCUT2D eigenvalue weighted by Crippen LogP contribution is -2.41. The summed E-state index contributed by atoms with van der Waals surface area (Å²) in [4.78, 5) is 11.9. The molecule has 106 valence electrons. The van der Waals surface area contributed by atoms with Crippen molar-refractivity contribution in [2.24, 2.45) is 0 Å². The van der Waals surface area contributed by atoms with E-state index in [1.54, 1.807) is 12.1 Å². The zero-order chi connectivity index (χ0) is 15.3. The summed E-state index contributed by atoms with van der Waals surface area (Å²) in [5.41, 5.74) is 1.13. The quantitative estimate of drug-likeness (QED) is 0.448. The van der Waals surface area contributed by atoms with Crippen LogP contribution in [0.4, 0.5) is 5.69 Å². The molecule has 1 rings (SSSR count). The maximum absolute atomic E-state index is 11.9. The second kappa shape index (κ2) is 6.11. The first-order chi connectivity index (χ1) is 9.23. The number of hydrogen-bond acceptors (Lipinski definition) is 4. The van der Waals surface area contributed by atoms with E-state index in [2.05, 4.69) is 10.6 Å². The van der Waals surface area contributed by atoms with Crippen molar-refractivity contribution in [1.82, 2.24) is 5.32 Å². The Labute approximate surface area is 118 Å². The van der Waals surface area contributed by atoms with Crippen LogP contribution in [0.15, 0.2) is 30.0 Å². The zero-order valence-electron chi connectivity index (χ0n) is 12.1. The fraction of sp³-hybridized carbons (Fsp3) is 0.333. The lowest BCUT2D eigenvalue weighted by atomic mass is 10.1. The SMILES string of the molecule is Cc1cc(O)ccc1N/C=C(/C#N)C(=O)NC(C)(C)C. The van der Waals surface area contributed by atoms with E-state index in [1.807, 2.05) is 33.8 Å². The van der Waals surface area contributed by atoms with Gasteiger partial charge in [0.1, 0.15) is 17.4 Å². The van der Waals surface area contributed by atoms with Crippen molar-refractivity contribution >= 4 is 11.6 Å². The maximum atomic E-state index is 11.9. The number of anilines is 1. The van der Waals surface area contributed by atoms with Gasteiger partial charge in [0.05, 0.1) is 0 Å². The molecule has 0 aliphatic heterocycles. The van der Waals surface area contributed by atoms with E-state index >= 15 is 0 Å².